The summed E-state index contributed by atoms with van der Waals surface area (Å²) in [5.74, 6) is 1.04. The van der Waals surface area contributed by atoms with Crippen LogP contribution in [0.3, 0.4) is 0 Å². The fraction of sp³-hybridized carbons (Fsp3) is 0.750. The van der Waals surface area contributed by atoms with Crippen molar-refractivity contribution in [3.8, 4) is 0 Å². The van der Waals surface area contributed by atoms with Crippen LogP contribution in [0.25, 0.3) is 0 Å². The van der Waals surface area contributed by atoms with Gasteiger partial charge in [-0.25, -0.2) is 14.9 Å². The molecule has 1 aromatic heterocycles. The molecule has 104 valence electrons. The third kappa shape index (κ3) is 2.86. The van der Waals surface area contributed by atoms with Crippen LogP contribution in [0.2, 0.25) is 0 Å². The number of nitrogens with zero attached hydrogens (tertiary/aromatic N) is 4. The van der Waals surface area contributed by atoms with Crippen molar-refractivity contribution in [2.75, 3.05) is 24.3 Å². The normalized spacial score (nSPS) is 22.4. The Morgan fingerprint density at radius 3 is 2.68 bits per heavy atom. The molecule has 1 saturated carbocycles. The second-order valence-corrected chi connectivity index (χ2v) is 6.86. The van der Waals surface area contributed by atoms with Gasteiger partial charge in [0.05, 0.1) is 0 Å². The summed E-state index contributed by atoms with van der Waals surface area (Å²) in [6.45, 7) is 1.69. The predicted octanol–water partition coefficient (Wildman–Crippen LogP) is 1.69. The van der Waals surface area contributed by atoms with E-state index in [0.717, 1.165) is 18.8 Å². The number of hydrogen-bond acceptors (Lipinski definition) is 4. The first-order valence-corrected chi connectivity index (χ1v) is 7.81. The Bertz CT molecular complexity index is 424. The Labute approximate surface area is 116 Å². The predicted molar refractivity (Wildman–Crippen MR) is 74.6 cm³/mol. The first-order chi connectivity index (χ1) is 9.27. The van der Waals surface area contributed by atoms with Gasteiger partial charge < -0.3 is 4.90 Å². The molecule has 1 N–H and O–H groups in total. The van der Waals surface area contributed by atoms with Crippen LogP contribution in [-0.4, -0.2) is 49.4 Å². The number of rotatable bonds is 1. The minimum atomic E-state index is -0.0509. The summed E-state index contributed by atoms with van der Waals surface area (Å²) in [6, 6.07) is -0.0509. The summed E-state index contributed by atoms with van der Waals surface area (Å²) in [6.07, 6.45) is 9.42. The van der Waals surface area contributed by atoms with Gasteiger partial charge in [0, 0.05) is 23.6 Å². The van der Waals surface area contributed by atoms with Gasteiger partial charge in [-0.1, -0.05) is 19.3 Å². The van der Waals surface area contributed by atoms with Gasteiger partial charge in [0.15, 0.2) is 0 Å². The third-order valence-electron chi connectivity index (χ3n) is 3.94. The molecule has 1 aromatic rings. The van der Waals surface area contributed by atoms with E-state index in [1.54, 1.807) is 0 Å². The first kappa shape index (κ1) is 12.8. The number of nitrogens with one attached hydrogen (secondary N) is 1. The van der Waals surface area contributed by atoms with Gasteiger partial charge in [-0.05, 0) is 12.8 Å². The van der Waals surface area contributed by atoms with Crippen molar-refractivity contribution >= 4 is 17.8 Å². The van der Waals surface area contributed by atoms with Crippen molar-refractivity contribution < 1.29 is 4.79 Å². The fourth-order valence-corrected chi connectivity index (χ4v) is 4.53. The van der Waals surface area contributed by atoms with Crippen molar-refractivity contribution in [3.05, 3.63) is 12.7 Å². The average Bonchev–Trinajstić information content (AvgIpc) is 2.92. The summed E-state index contributed by atoms with van der Waals surface area (Å²) in [7, 11) is 0. The quantitative estimate of drug-likeness (QED) is 0.851. The molecule has 0 aromatic carbocycles. The standard InChI is InChI=1S/C12H19N5OS/c18-11(15-17-9-13-14-10-17)16-6-7-19-12(8-16)4-2-1-3-5-12/h9-10H,1-8H2,(H,15,18). The van der Waals surface area contributed by atoms with E-state index in [-0.39, 0.29) is 6.03 Å². The smallest absolute Gasteiger partial charge is 0.321 e. The van der Waals surface area contributed by atoms with Crippen LogP contribution < -0.4 is 5.43 Å². The zero-order valence-corrected chi connectivity index (χ0v) is 11.7. The SMILES string of the molecule is O=C(Nn1cnnc1)N1CCSC2(CCCCC2)C1. The highest BCUT2D eigenvalue weighted by atomic mass is 32.2. The zero-order chi connectivity index (χ0) is 13.1. The zero-order valence-electron chi connectivity index (χ0n) is 10.9. The molecular weight excluding hydrogens is 262 g/mol. The molecule has 1 aliphatic carbocycles. The second kappa shape index (κ2) is 5.40. The monoisotopic (exact) mass is 281 g/mol. The first-order valence-electron chi connectivity index (χ1n) is 6.82. The molecule has 2 aliphatic rings. The van der Waals surface area contributed by atoms with Crippen molar-refractivity contribution in [3.63, 3.8) is 0 Å². The van der Waals surface area contributed by atoms with E-state index in [0.29, 0.717) is 4.75 Å². The van der Waals surface area contributed by atoms with E-state index in [9.17, 15) is 4.79 Å². The van der Waals surface area contributed by atoms with Crippen molar-refractivity contribution in [1.82, 2.24) is 19.8 Å². The Morgan fingerprint density at radius 1 is 1.21 bits per heavy atom. The molecule has 2 fully saturated rings. The van der Waals surface area contributed by atoms with Crippen LogP contribution in [0.4, 0.5) is 4.79 Å². The number of hydrogen-bond donors (Lipinski definition) is 1. The largest absolute Gasteiger partial charge is 0.336 e. The van der Waals surface area contributed by atoms with E-state index < -0.39 is 0 Å². The summed E-state index contributed by atoms with van der Waals surface area (Å²) in [5, 5.41) is 7.36. The van der Waals surface area contributed by atoms with E-state index in [2.05, 4.69) is 27.4 Å². The lowest BCUT2D eigenvalue weighted by Gasteiger charge is -2.44. The number of thioether (sulfide) groups is 1. The van der Waals surface area contributed by atoms with Crippen LogP contribution >= 0.6 is 11.8 Å². The Hall–Kier alpha value is -1.24. The van der Waals surface area contributed by atoms with Crippen molar-refractivity contribution in [1.29, 1.82) is 0 Å². The molecule has 0 bridgehead atoms. The van der Waals surface area contributed by atoms with Crippen LogP contribution in [-0.2, 0) is 0 Å². The fourth-order valence-electron chi connectivity index (χ4n) is 2.96. The molecule has 0 atom stereocenters. The molecule has 19 heavy (non-hydrogen) atoms. The molecule has 1 saturated heterocycles. The minimum absolute atomic E-state index is 0.0509. The lowest BCUT2D eigenvalue weighted by atomic mass is 9.87. The summed E-state index contributed by atoms with van der Waals surface area (Å²) in [4.78, 5) is 14.2. The van der Waals surface area contributed by atoms with Crippen molar-refractivity contribution in [2.24, 2.45) is 0 Å². The maximum atomic E-state index is 12.2. The third-order valence-corrected chi connectivity index (χ3v) is 5.48. The topological polar surface area (TPSA) is 63.1 Å². The minimum Gasteiger partial charge on any atom is -0.321 e. The maximum Gasteiger partial charge on any atom is 0.336 e. The molecule has 0 unspecified atom stereocenters. The van der Waals surface area contributed by atoms with Crippen LogP contribution in [0.15, 0.2) is 12.7 Å². The summed E-state index contributed by atoms with van der Waals surface area (Å²) < 4.78 is 1.80. The van der Waals surface area contributed by atoms with Crippen LogP contribution in [0.5, 0.6) is 0 Å². The molecule has 1 aliphatic heterocycles. The number of carbonyl (C=O) groups excluding carboxylic acids is 1. The number of aromatic nitrogens is 3. The van der Waals surface area contributed by atoms with Crippen molar-refractivity contribution in [2.45, 2.75) is 36.9 Å². The van der Waals surface area contributed by atoms with Gasteiger partial charge in [0.25, 0.3) is 0 Å². The van der Waals surface area contributed by atoms with Crippen LogP contribution in [0.1, 0.15) is 32.1 Å². The van der Waals surface area contributed by atoms with Gasteiger partial charge >= 0.3 is 6.03 Å². The summed E-state index contributed by atoms with van der Waals surface area (Å²) in [5.41, 5.74) is 2.78. The molecule has 1 spiro atoms. The lowest BCUT2D eigenvalue weighted by molar-refractivity contribution is 0.195. The molecule has 6 nitrogen and oxygen atoms in total. The molecular formula is C12H19N5OS. The molecule has 2 amide bonds. The highest BCUT2D eigenvalue weighted by Gasteiger charge is 2.38. The van der Waals surface area contributed by atoms with Gasteiger partial charge in [0.1, 0.15) is 12.7 Å². The molecule has 7 heteroatoms. The maximum absolute atomic E-state index is 12.2. The average molecular weight is 281 g/mol. The molecule has 2 heterocycles. The number of urea groups is 1. The number of carbonyl (C=O) groups is 1. The molecule has 0 radical (unpaired) electrons. The van der Waals surface area contributed by atoms with E-state index >= 15 is 0 Å². The lowest BCUT2D eigenvalue weighted by Crippen LogP contribution is -2.52. The second-order valence-electron chi connectivity index (χ2n) is 5.30. The highest BCUT2D eigenvalue weighted by Crippen LogP contribution is 2.42. The van der Waals surface area contributed by atoms with Gasteiger partial charge in [-0.3, -0.25) is 0 Å². The Morgan fingerprint density at radius 2 is 1.95 bits per heavy atom. The van der Waals surface area contributed by atoms with E-state index in [1.807, 2.05) is 4.90 Å². The van der Waals surface area contributed by atoms with Gasteiger partial charge in [0.2, 0.25) is 0 Å². The van der Waals surface area contributed by atoms with Crippen LogP contribution in [0, 0.1) is 0 Å². The van der Waals surface area contributed by atoms with Gasteiger partial charge in [-0.15, -0.1) is 10.2 Å². The Kier molecular flexibility index (Phi) is 3.63. The molecule has 3 rings (SSSR count). The highest BCUT2D eigenvalue weighted by molar-refractivity contribution is 8.00. The number of amides is 2. The van der Waals surface area contributed by atoms with Gasteiger partial charge in [-0.2, -0.15) is 11.8 Å². The summed E-state index contributed by atoms with van der Waals surface area (Å²) >= 11 is 2.06. The van der Waals surface area contributed by atoms with E-state index in [4.69, 9.17) is 0 Å². The van der Waals surface area contributed by atoms with E-state index in [1.165, 1.54) is 49.4 Å². The Balaban J connectivity index is 1.62.